The van der Waals surface area contributed by atoms with E-state index >= 15 is 0 Å². The smallest absolute Gasteiger partial charge is 0.156 e. The highest BCUT2D eigenvalue weighted by Crippen LogP contribution is 2.28. The van der Waals surface area contributed by atoms with Crippen LogP contribution in [0.4, 0.5) is 4.39 Å². The monoisotopic (exact) mass is 205 g/mol. The SMILES string of the molecule is CC1CC(=O)C=C(c2cncc(F)c2)C1. The minimum Gasteiger partial charge on any atom is -0.295 e. The maximum Gasteiger partial charge on any atom is 0.156 e. The van der Waals surface area contributed by atoms with Gasteiger partial charge in [-0.3, -0.25) is 9.78 Å². The molecule has 1 aromatic rings. The van der Waals surface area contributed by atoms with Crippen LogP contribution in [0.15, 0.2) is 24.5 Å². The number of ketones is 1. The lowest BCUT2D eigenvalue weighted by Gasteiger charge is -2.18. The maximum atomic E-state index is 12.9. The number of carbonyl (C=O) groups excluding carboxylic acids is 1. The third-order valence-electron chi connectivity index (χ3n) is 2.53. The van der Waals surface area contributed by atoms with E-state index < -0.39 is 0 Å². The predicted molar refractivity (Wildman–Crippen MR) is 55.6 cm³/mol. The van der Waals surface area contributed by atoms with Crippen LogP contribution in [0.3, 0.4) is 0 Å². The maximum absolute atomic E-state index is 12.9. The van der Waals surface area contributed by atoms with Gasteiger partial charge in [0.05, 0.1) is 6.20 Å². The minimum atomic E-state index is -0.362. The molecule has 2 rings (SSSR count). The zero-order chi connectivity index (χ0) is 10.8. The van der Waals surface area contributed by atoms with Gasteiger partial charge in [0.2, 0.25) is 0 Å². The highest BCUT2D eigenvalue weighted by Gasteiger charge is 2.18. The van der Waals surface area contributed by atoms with Gasteiger partial charge in [-0.25, -0.2) is 4.39 Å². The number of pyridine rings is 1. The third-order valence-corrected chi connectivity index (χ3v) is 2.53. The van der Waals surface area contributed by atoms with Gasteiger partial charge in [-0.05, 0) is 35.6 Å². The Kier molecular flexibility index (Phi) is 2.62. The molecular weight excluding hydrogens is 193 g/mol. The molecule has 2 nitrogen and oxygen atoms in total. The van der Waals surface area contributed by atoms with Crippen molar-refractivity contribution < 1.29 is 9.18 Å². The van der Waals surface area contributed by atoms with Crippen LogP contribution < -0.4 is 0 Å². The summed E-state index contributed by atoms with van der Waals surface area (Å²) in [6.45, 7) is 2.03. The Balaban J connectivity index is 2.34. The van der Waals surface area contributed by atoms with E-state index in [4.69, 9.17) is 0 Å². The number of rotatable bonds is 1. The molecule has 1 unspecified atom stereocenters. The summed E-state index contributed by atoms with van der Waals surface area (Å²) in [4.78, 5) is 15.1. The van der Waals surface area contributed by atoms with Gasteiger partial charge in [0.1, 0.15) is 5.82 Å². The van der Waals surface area contributed by atoms with E-state index in [-0.39, 0.29) is 11.6 Å². The quantitative estimate of drug-likeness (QED) is 0.705. The second kappa shape index (κ2) is 3.93. The molecule has 3 heteroatoms. The van der Waals surface area contributed by atoms with E-state index in [0.29, 0.717) is 12.3 Å². The van der Waals surface area contributed by atoms with Crippen LogP contribution in [0.5, 0.6) is 0 Å². The summed E-state index contributed by atoms with van der Waals surface area (Å²) in [6.07, 6.45) is 5.78. The molecule has 15 heavy (non-hydrogen) atoms. The van der Waals surface area contributed by atoms with Crippen molar-refractivity contribution in [2.75, 3.05) is 0 Å². The fraction of sp³-hybridized carbons (Fsp3) is 0.333. The molecule has 1 aliphatic carbocycles. The highest BCUT2D eigenvalue weighted by atomic mass is 19.1. The molecular formula is C12H12FNO. The lowest BCUT2D eigenvalue weighted by molar-refractivity contribution is -0.115. The van der Waals surface area contributed by atoms with Gasteiger partial charge >= 0.3 is 0 Å². The Bertz CT molecular complexity index is 425. The van der Waals surface area contributed by atoms with E-state index in [2.05, 4.69) is 4.98 Å². The van der Waals surface area contributed by atoms with Gasteiger partial charge in [0.15, 0.2) is 5.78 Å². The second-order valence-corrected chi connectivity index (χ2v) is 4.04. The third kappa shape index (κ3) is 2.29. The van der Waals surface area contributed by atoms with Crippen LogP contribution in [0, 0.1) is 11.7 Å². The van der Waals surface area contributed by atoms with Crippen molar-refractivity contribution in [1.29, 1.82) is 0 Å². The number of halogens is 1. The van der Waals surface area contributed by atoms with Crippen molar-refractivity contribution in [3.8, 4) is 0 Å². The lowest BCUT2D eigenvalue weighted by Crippen LogP contribution is -2.10. The first-order chi connectivity index (χ1) is 7.15. The van der Waals surface area contributed by atoms with Gasteiger partial charge in [0.25, 0.3) is 0 Å². The summed E-state index contributed by atoms with van der Waals surface area (Å²) < 4.78 is 12.9. The first-order valence-electron chi connectivity index (χ1n) is 4.99. The molecule has 0 radical (unpaired) electrons. The molecule has 78 valence electrons. The average Bonchev–Trinajstić information content (AvgIpc) is 2.16. The lowest BCUT2D eigenvalue weighted by atomic mass is 9.87. The fourth-order valence-corrected chi connectivity index (χ4v) is 1.89. The van der Waals surface area contributed by atoms with Crippen LogP contribution in [-0.4, -0.2) is 10.8 Å². The van der Waals surface area contributed by atoms with E-state index in [1.807, 2.05) is 6.92 Å². The number of nitrogens with zero attached hydrogens (tertiary/aromatic N) is 1. The van der Waals surface area contributed by atoms with Gasteiger partial charge in [0, 0.05) is 12.6 Å². The van der Waals surface area contributed by atoms with Crippen LogP contribution in [0.1, 0.15) is 25.3 Å². The topological polar surface area (TPSA) is 30.0 Å². The molecule has 0 bridgehead atoms. The second-order valence-electron chi connectivity index (χ2n) is 4.04. The Labute approximate surface area is 87.8 Å². The fourth-order valence-electron chi connectivity index (χ4n) is 1.89. The molecule has 1 atom stereocenters. The number of hydrogen-bond acceptors (Lipinski definition) is 2. The zero-order valence-corrected chi connectivity index (χ0v) is 8.53. The van der Waals surface area contributed by atoms with Crippen LogP contribution in [0.2, 0.25) is 0 Å². The van der Waals surface area contributed by atoms with Gasteiger partial charge in [-0.1, -0.05) is 6.92 Å². The standard InChI is InChI=1S/C12H12FNO/c1-8-2-9(5-12(15)3-8)10-4-11(13)7-14-6-10/h4-8H,2-3H2,1H3. The summed E-state index contributed by atoms with van der Waals surface area (Å²) >= 11 is 0. The molecule has 0 fully saturated rings. The zero-order valence-electron chi connectivity index (χ0n) is 8.53. The van der Waals surface area contributed by atoms with Crippen molar-refractivity contribution in [2.45, 2.75) is 19.8 Å². The Morgan fingerprint density at radius 3 is 2.87 bits per heavy atom. The largest absolute Gasteiger partial charge is 0.295 e. The molecule has 0 aliphatic heterocycles. The molecule has 0 amide bonds. The number of carbonyl (C=O) groups is 1. The van der Waals surface area contributed by atoms with E-state index in [1.165, 1.54) is 6.07 Å². The van der Waals surface area contributed by atoms with Crippen molar-refractivity contribution >= 4 is 11.4 Å². The molecule has 0 N–H and O–H groups in total. The van der Waals surface area contributed by atoms with Gasteiger partial charge in [-0.15, -0.1) is 0 Å². The Morgan fingerprint density at radius 1 is 1.40 bits per heavy atom. The molecule has 0 saturated carbocycles. The molecule has 0 spiro atoms. The van der Waals surface area contributed by atoms with E-state index in [9.17, 15) is 9.18 Å². The summed E-state index contributed by atoms with van der Waals surface area (Å²) in [5.74, 6) is 0.0906. The van der Waals surface area contributed by atoms with Crippen molar-refractivity contribution in [2.24, 2.45) is 5.92 Å². The number of allylic oxidation sites excluding steroid dienone is 2. The number of hydrogen-bond donors (Lipinski definition) is 0. The Hall–Kier alpha value is -1.51. The van der Waals surface area contributed by atoms with Crippen molar-refractivity contribution in [1.82, 2.24) is 4.98 Å². The number of aromatic nitrogens is 1. The van der Waals surface area contributed by atoms with Crippen LogP contribution in [-0.2, 0) is 4.79 Å². The summed E-state index contributed by atoms with van der Waals surface area (Å²) in [6, 6.07) is 1.42. The van der Waals surface area contributed by atoms with Gasteiger partial charge in [-0.2, -0.15) is 0 Å². The van der Waals surface area contributed by atoms with Crippen LogP contribution >= 0.6 is 0 Å². The van der Waals surface area contributed by atoms with E-state index in [0.717, 1.165) is 23.8 Å². The molecule has 0 saturated heterocycles. The van der Waals surface area contributed by atoms with Gasteiger partial charge < -0.3 is 0 Å². The Morgan fingerprint density at radius 2 is 2.20 bits per heavy atom. The molecule has 1 aliphatic rings. The summed E-state index contributed by atoms with van der Waals surface area (Å²) in [5, 5.41) is 0. The van der Waals surface area contributed by atoms with Crippen molar-refractivity contribution in [3.63, 3.8) is 0 Å². The summed E-state index contributed by atoms with van der Waals surface area (Å²) in [5.41, 5.74) is 1.61. The summed E-state index contributed by atoms with van der Waals surface area (Å²) in [7, 11) is 0. The first-order valence-corrected chi connectivity index (χ1v) is 4.99. The molecule has 1 heterocycles. The highest BCUT2D eigenvalue weighted by molar-refractivity contribution is 5.98. The molecule has 0 aromatic carbocycles. The minimum absolute atomic E-state index is 0.119. The normalized spacial score (nSPS) is 21.3. The van der Waals surface area contributed by atoms with E-state index in [1.54, 1.807) is 12.3 Å². The average molecular weight is 205 g/mol. The van der Waals surface area contributed by atoms with Crippen molar-refractivity contribution in [3.05, 3.63) is 35.9 Å². The van der Waals surface area contributed by atoms with Crippen LogP contribution in [0.25, 0.3) is 5.57 Å². The molecule has 1 aromatic heterocycles. The predicted octanol–water partition coefficient (Wildman–Crippen LogP) is 2.60. The first kappa shape index (κ1) is 10.0.